The number of hydrogen-bond donors (Lipinski definition) is 0. The summed E-state index contributed by atoms with van der Waals surface area (Å²) in [5, 5.41) is 0. The minimum Gasteiger partial charge on any atom is 0 e. The maximum Gasteiger partial charge on any atom is 0 e. The average molecular weight is 595 g/mol. The minimum absolute atomic E-state index is 0. The van der Waals surface area contributed by atoms with Gasteiger partial charge in [-0.2, -0.15) is 0 Å². The van der Waals surface area contributed by atoms with Gasteiger partial charge in [0, 0.05) is 25.8 Å². The predicted octanol–water partition coefficient (Wildman–Crippen LogP) is 2.00. The summed E-state index contributed by atoms with van der Waals surface area (Å²) in [6, 6.07) is 3.50. The van der Waals surface area contributed by atoms with Gasteiger partial charge in [0.15, 0.2) is 0 Å². The predicted molar refractivity (Wildman–Crippen MR) is 62.1 cm³/mol. The number of hydrogen-bond acceptors (Lipinski definition) is 2. The van der Waals surface area contributed by atoms with E-state index >= 15 is 0 Å². The number of aryl methyl sites for hydroxylation is 1. The smallest absolute Gasteiger partial charge is 0 e. The third-order valence-corrected chi connectivity index (χ3v) is 6.46. The van der Waals surface area contributed by atoms with Gasteiger partial charge >= 0.3 is 119 Å². The largest absolute Gasteiger partial charge is 0 e. The minimum atomic E-state index is -0.0558. The maximum absolute atomic E-state index is 11.1. The van der Waals surface area contributed by atoms with E-state index in [2.05, 4.69) is 26.8 Å². The summed E-state index contributed by atoms with van der Waals surface area (Å²) < 4.78 is 6.60. The molecule has 0 amide bonds. The van der Waals surface area contributed by atoms with Crippen LogP contribution in [0.2, 0.25) is 0 Å². The van der Waals surface area contributed by atoms with Crippen molar-refractivity contribution in [1.82, 2.24) is 0 Å². The zero-order chi connectivity index (χ0) is 12.6. The van der Waals surface area contributed by atoms with Gasteiger partial charge < -0.3 is 0 Å². The molecule has 1 atom stereocenters. The molecule has 0 N–H and O–H groups in total. The number of ether oxygens (including phenoxy) is 1. The Labute approximate surface area is 144 Å². The van der Waals surface area contributed by atoms with Gasteiger partial charge in [-0.05, 0) is 0 Å². The van der Waals surface area contributed by atoms with Crippen LogP contribution >= 0.6 is 0 Å². The van der Waals surface area contributed by atoms with Gasteiger partial charge in [0.25, 0.3) is 0 Å². The number of carbonyl (C=O) groups excluding carboxylic acids is 1. The van der Waals surface area contributed by atoms with Gasteiger partial charge in [0.05, 0.1) is 0 Å². The molecule has 0 aromatic heterocycles. The van der Waals surface area contributed by atoms with Gasteiger partial charge in [-0.3, -0.25) is 0 Å². The zero-order valence-electron chi connectivity index (χ0n) is 11.2. The first kappa shape index (κ1) is 16.5. The van der Waals surface area contributed by atoms with E-state index in [0.29, 0.717) is 45.1 Å². The van der Waals surface area contributed by atoms with Crippen molar-refractivity contribution in [3.8, 4) is 0 Å². The zero-order valence-corrected chi connectivity index (χ0v) is 20.3. The molecule has 0 spiro atoms. The van der Waals surface area contributed by atoms with E-state index in [-0.39, 0.29) is 31.8 Å². The Balaban J connectivity index is 0.00000162. The topological polar surface area (TPSA) is 26.3 Å². The molecular weight excluding hydrogens is 579 g/mol. The standard InChI is InChI=1S/C14H16O2.Hf.Hg/c1-9-4-5-10(2)14(11(9)3)12-6-7-13(15)16-8-12;;/h12H,6-8H2,1-3H3;;/q-1;;/t12-;;/m0../s1. The molecule has 1 fully saturated rings. The van der Waals surface area contributed by atoms with Crippen molar-refractivity contribution in [2.24, 2.45) is 0 Å². The number of rotatable bonds is 1. The summed E-state index contributed by atoms with van der Waals surface area (Å²) in [4.78, 5) is 11.1. The molecule has 1 aromatic rings. The van der Waals surface area contributed by atoms with Crippen LogP contribution in [-0.4, -0.2) is 12.6 Å². The van der Waals surface area contributed by atoms with Crippen molar-refractivity contribution in [3.63, 3.8) is 0 Å². The average Bonchev–Trinajstić information content (AvgIpc) is 2.29. The van der Waals surface area contributed by atoms with Crippen LogP contribution in [0.4, 0.5) is 0 Å². The number of carbonyl (C=O) groups is 1. The molecule has 1 aliphatic heterocycles. The fourth-order valence-electron chi connectivity index (χ4n) is 2.58. The van der Waals surface area contributed by atoms with E-state index in [9.17, 15) is 4.79 Å². The summed E-state index contributed by atoms with van der Waals surface area (Å²) >= 11 is 0.618. The third kappa shape index (κ3) is 3.33. The SMILES string of the molecule is Cc1[c-][c]([Hg])c(C)c(C)c1[C@H]1CCC(=O)OC1.[Hf]. The van der Waals surface area contributed by atoms with Crippen molar-refractivity contribution in [3.05, 3.63) is 28.3 Å². The van der Waals surface area contributed by atoms with Crippen LogP contribution in [0.15, 0.2) is 0 Å². The Kier molecular flexibility index (Phi) is 6.23. The molecule has 1 saturated heterocycles. The number of benzene rings is 1. The molecule has 91 valence electrons. The summed E-state index contributed by atoms with van der Waals surface area (Å²) in [7, 11) is 0. The first-order valence-corrected chi connectivity index (χ1v) is 8.76. The monoisotopic (exact) mass is 598 g/mol. The first-order valence-electron chi connectivity index (χ1n) is 6.01. The Hall–Kier alpha value is 0.495. The van der Waals surface area contributed by atoms with E-state index in [1.807, 2.05) is 0 Å². The van der Waals surface area contributed by atoms with E-state index in [0.717, 1.165) is 6.42 Å². The Bertz CT molecular complexity index is 461. The van der Waals surface area contributed by atoms with Gasteiger partial charge in [0.2, 0.25) is 0 Å². The maximum atomic E-state index is 11.1. The van der Waals surface area contributed by atoms with Crippen molar-refractivity contribution >= 4 is 9.04 Å². The van der Waals surface area contributed by atoms with Gasteiger partial charge in [0.1, 0.15) is 0 Å². The molecule has 2 rings (SSSR count). The fourth-order valence-corrected chi connectivity index (χ4v) is 4.64. The first-order chi connectivity index (χ1) is 8.00. The van der Waals surface area contributed by atoms with Crippen LogP contribution in [0.25, 0.3) is 0 Å². The summed E-state index contributed by atoms with van der Waals surface area (Å²) in [6.45, 7) is 7.05. The molecule has 1 heterocycles. The molecule has 1 aliphatic rings. The normalized spacial score (nSPS) is 19.2. The fraction of sp³-hybridized carbons (Fsp3) is 0.500. The molecule has 1 aromatic carbocycles. The third-order valence-electron chi connectivity index (χ3n) is 3.71. The summed E-state index contributed by atoms with van der Waals surface area (Å²) in [5.41, 5.74) is 5.39. The van der Waals surface area contributed by atoms with E-state index < -0.39 is 0 Å². The van der Waals surface area contributed by atoms with Crippen molar-refractivity contribution in [1.29, 1.82) is 0 Å². The summed E-state index contributed by atoms with van der Waals surface area (Å²) in [6.07, 6.45) is 1.47. The van der Waals surface area contributed by atoms with E-state index in [1.54, 1.807) is 0 Å². The van der Waals surface area contributed by atoms with Gasteiger partial charge in [-0.15, -0.1) is 0 Å². The molecule has 18 heavy (non-hydrogen) atoms. The van der Waals surface area contributed by atoms with Crippen molar-refractivity contribution in [2.45, 2.75) is 39.5 Å². The Morgan fingerprint density at radius 2 is 1.94 bits per heavy atom. The van der Waals surface area contributed by atoms with Crippen LogP contribution in [0.3, 0.4) is 0 Å². The second-order valence-electron chi connectivity index (χ2n) is 4.81. The van der Waals surface area contributed by atoms with Crippen LogP contribution < -0.4 is 3.07 Å². The molecule has 0 unspecified atom stereocenters. The van der Waals surface area contributed by atoms with Crippen molar-refractivity contribution in [2.75, 3.05) is 6.61 Å². The Morgan fingerprint density at radius 3 is 2.50 bits per heavy atom. The van der Waals surface area contributed by atoms with Crippen LogP contribution in [0, 0.1) is 26.8 Å². The molecule has 2 nitrogen and oxygen atoms in total. The van der Waals surface area contributed by atoms with E-state index in [4.69, 9.17) is 4.74 Å². The molecule has 0 bridgehead atoms. The molecule has 0 saturated carbocycles. The van der Waals surface area contributed by atoms with Crippen LogP contribution in [0.5, 0.6) is 0 Å². The van der Waals surface area contributed by atoms with Crippen molar-refractivity contribution < 1.29 is 61.5 Å². The summed E-state index contributed by atoms with van der Waals surface area (Å²) in [5.74, 6) is 0.316. The molecular formula is C14H16HfHgO2-. The molecule has 0 aliphatic carbocycles. The number of esters is 1. The Morgan fingerprint density at radius 1 is 1.28 bits per heavy atom. The van der Waals surface area contributed by atoms with E-state index in [1.165, 1.54) is 25.3 Å². The van der Waals surface area contributed by atoms with Crippen LogP contribution in [0.1, 0.15) is 41.0 Å². The molecule has 4 heteroatoms. The second kappa shape index (κ2) is 6.78. The second-order valence-corrected chi connectivity index (χ2v) is 7.56. The van der Waals surface area contributed by atoms with Gasteiger partial charge in [-0.25, -0.2) is 0 Å². The quantitative estimate of drug-likeness (QED) is 0.283. The molecule has 0 radical (unpaired) electrons. The van der Waals surface area contributed by atoms with Gasteiger partial charge in [-0.1, -0.05) is 0 Å². The number of cyclic esters (lactones) is 1. The van der Waals surface area contributed by atoms with Crippen LogP contribution in [-0.2, 0) is 61.5 Å².